The van der Waals surface area contributed by atoms with Gasteiger partial charge in [0.15, 0.2) is 0 Å². The maximum atomic E-state index is 12.3. The third-order valence-corrected chi connectivity index (χ3v) is 4.09. The topological polar surface area (TPSA) is 105 Å². The van der Waals surface area contributed by atoms with Gasteiger partial charge in [-0.2, -0.15) is 0 Å². The zero-order chi connectivity index (χ0) is 18.9. The van der Waals surface area contributed by atoms with Crippen LogP contribution in [-0.4, -0.2) is 41.6 Å². The average molecular weight is 350 g/mol. The molecule has 0 saturated carbocycles. The number of carbonyl (C=O) groups excluding carboxylic acids is 2. The van der Waals surface area contributed by atoms with Crippen molar-refractivity contribution in [2.75, 3.05) is 13.2 Å². The summed E-state index contributed by atoms with van der Waals surface area (Å²) in [6.45, 7) is 5.66. The summed E-state index contributed by atoms with van der Waals surface area (Å²) in [5.74, 6) is -1.37. The lowest BCUT2D eigenvalue weighted by Gasteiger charge is -2.31. The number of hydrogen-bond acceptors (Lipinski definition) is 4. The number of ether oxygens (including phenoxy) is 1. The molecule has 7 heteroatoms. The first kappa shape index (κ1) is 20.5. The summed E-state index contributed by atoms with van der Waals surface area (Å²) in [6, 6.07) is 6.77. The fourth-order valence-electron chi connectivity index (χ4n) is 2.54. The highest BCUT2D eigenvalue weighted by Gasteiger charge is 2.31. The minimum Gasteiger partial charge on any atom is -0.493 e. The Bertz CT molecular complexity index is 611. The molecule has 0 aliphatic carbocycles. The highest BCUT2D eigenvalue weighted by molar-refractivity contribution is 5.98. The van der Waals surface area contributed by atoms with Gasteiger partial charge >= 0.3 is 5.97 Å². The Morgan fingerprint density at radius 2 is 1.76 bits per heavy atom. The first-order valence-corrected chi connectivity index (χ1v) is 8.40. The van der Waals surface area contributed by atoms with Gasteiger partial charge in [0.05, 0.1) is 30.7 Å². The lowest BCUT2D eigenvalue weighted by molar-refractivity contribution is -0.139. The number of carbonyl (C=O) groups is 3. The van der Waals surface area contributed by atoms with Gasteiger partial charge in [-0.05, 0) is 31.9 Å². The first-order chi connectivity index (χ1) is 11.9. The first-order valence-electron chi connectivity index (χ1n) is 8.40. The van der Waals surface area contributed by atoms with E-state index < -0.39 is 23.3 Å². The van der Waals surface area contributed by atoms with Crippen molar-refractivity contribution in [3.8, 4) is 5.75 Å². The van der Waals surface area contributed by atoms with Gasteiger partial charge in [-0.15, -0.1) is 0 Å². The van der Waals surface area contributed by atoms with Crippen LogP contribution in [0.3, 0.4) is 0 Å². The van der Waals surface area contributed by atoms with Crippen molar-refractivity contribution in [1.29, 1.82) is 0 Å². The highest BCUT2D eigenvalue weighted by atomic mass is 16.5. The molecular formula is C18H26N2O5. The van der Waals surface area contributed by atoms with Crippen molar-refractivity contribution < 1.29 is 24.2 Å². The quantitative estimate of drug-likeness (QED) is 0.598. The summed E-state index contributed by atoms with van der Waals surface area (Å²) in [6.07, 6.45) is 0.818. The number of carboxylic acid groups (broad SMARTS) is 1. The lowest BCUT2D eigenvalue weighted by Crippen LogP contribution is -2.52. The second-order valence-corrected chi connectivity index (χ2v) is 5.72. The van der Waals surface area contributed by atoms with Crippen LogP contribution in [0, 0.1) is 0 Å². The fraction of sp³-hybridized carbons (Fsp3) is 0.500. The van der Waals surface area contributed by atoms with Crippen molar-refractivity contribution in [1.82, 2.24) is 10.6 Å². The van der Waals surface area contributed by atoms with Crippen molar-refractivity contribution in [2.24, 2.45) is 0 Å². The van der Waals surface area contributed by atoms with E-state index >= 15 is 0 Å². The fourth-order valence-corrected chi connectivity index (χ4v) is 2.54. The molecule has 2 amide bonds. The van der Waals surface area contributed by atoms with Gasteiger partial charge in [-0.1, -0.05) is 26.0 Å². The number of aliphatic carboxylic acids is 1. The van der Waals surface area contributed by atoms with Crippen molar-refractivity contribution >= 4 is 17.8 Å². The number of amides is 2. The van der Waals surface area contributed by atoms with Gasteiger partial charge in [0.25, 0.3) is 5.91 Å². The van der Waals surface area contributed by atoms with Crippen molar-refractivity contribution in [2.45, 2.75) is 45.6 Å². The minimum absolute atomic E-state index is 0.160. The summed E-state index contributed by atoms with van der Waals surface area (Å²) in [5, 5.41) is 14.3. The van der Waals surface area contributed by atoms with E-state index in [9.17, 15) is 14.4 Å². The zero-order valence-electron chi connectivity index (χ0n) is 14.9. The maximum absolute atomic E-state index is 12.3. The van der Waals surface area contributed by atoms with E-state index in [-0.39, 0.29) is 13.0 Å². The molecule has 0 aliphatic rings. The van der Waals surface area contributed by atoms with E-state index in [1.54, 1.807) is 24.3 Å². The minimum atomic E-state index is -0.973. The van der Waals surface area contributed by atoms with Crippen LogP contribution in [0.1, 0.15) is 50.4 Å². The third kappa shape index (κ3) is 6.10. The summed E-state index contributed by atoms with van der Waals surface area (Å²) in [5.41, 5.74) is -0.461. The van der Waals surface area contributed by atoms with E-state index in [1.165, 1.54) is 0 Å². The molecule has 0 unspecified atom stereocenters. The zero-order valence-corrected chi connectivity index (χ0v) is 14.9. The molecule has 1 rings (SSSR count). The average Bonchev–Trinajstić information content (AvgIpc) is 2.59. The number of rotatable bonds is 10. The molecule has 7 nitrogen and oxygen atoms in total. The summed E-state index contributed by atoms with van der Waals surface area (Å²) in [7, 11) is 0. The second-order valence-electron chi connectivity index (χ2n) is 5.72. The molecule has 25 heavy (non-hydrogen) atoms. The Morgan fingerprint density at radius 3 is 2.32 bits per heavy atom. The summed E-state index contributed by atoms with van der Waals surface area (Å²) >= 11 is 0. The van der Waals surface area contributed by atoms with E-state index in [4.69, 9.17) is 9.84 Å². The Kier molecular flexibility index (Phi) is 7.91. The van der Waals surface area contributed by atoms with Crippen LogP contribution < -0.4 is 15.4 Å². The van der Waals surface area contributed by atoms with Crippen LogP contribution >= 0.6 is 0 Å². The van der Waals surface area contributed by atoms with Crippen LogP contribution in [0.25, 0.3) is 0 Å². The molecule has 0 aromatic heterocycles. The standard InChI is InChI=1S/C18H26N2O5/c1-4-18(5-2,11-16(22)23)20-15(21)12-19-17(24)13-9-7-8-10-14(13)25-6-3/h7-10H,4-6,11-12H2,1-3H3,(H,19,24)(H,20,21)(H,22,23). The SMILES string of the molecule is CCOc1ccccc1C(=O)NCC(=O)NC(CC)(CC)CC(=O)O. The molecule has 0 bridgehead atoms. The van der Waals surface area contributed by atoms with Gasteiger partial charge in [0, 0.05) is 0 Å². The molecule has 0 radical (unpaired) electrons. The monoisotopic (exact) mass is 350 g/mol. The number of benzene rings is 1. The molecule has 0 heterocycles. The molecule has 1 aromatic rings. The summed E-state index contributed by atoms with van der Waals surface area (Å²) in [4.78, 5) is 35.4. The third-order valence-electron chi connectivity index (χ3n) is 4.09. The number of hydrogen-bond donors (Lipinski definition) is 3. The van der Waals surface area contributed by atoms with Crippen LogP contribution in [0.4, 0.5) is 0 Å². The van der Waals surface area contributed by atoms with Crippen LogP contribution in [0.5, 0.6) is 5.75 Å². The van der Waals surface area contributed by atoms with Gasteiger partial charge < -0.3 is 20.5 Å². The Hall–Kier alpha value is -2.57. The van der Waals surface area contributed by atoms with Crippen molar-refractivity contribution in [3.05, 3.63) is 29.8 Å². The Morgan fingerprint density at radius 1 is 1.12 bits per heavy atom. The van der Waals surface area contributed by atoms with E-state index in [0.717, 1.165) is 0 Å². The molecule has 3 N–H and O–H groups in total. The molecule has 0 spiro atoms. The molecule has 0 fully saturated rings. The van der Waals surface area contributed by atoms with Crippen LogP contribution in [0.15, 0.2) is 24.3 Å². The number of nitrogens with one attached hydrogen (secondary N) is 2. The normalized spacial score (nSPS) is 10.8. The van der Waals surface area contributed by atoms with E-state index in [0.29, 0.717) is 30.8 Å². The van der Waals surface area contributed by atoms with E-state index in [1.807, 2.05) is 20.8 Å². The predicted octanol–water partition coefficient (Wildman–Crippen LogP) is 1.96. The molecule has 0 atom stereocenters. The Labute approximate surface area is 147 Å². The lowest BCUT2D eigenvalue weighted by atomic mass is 9.89. The van der Waals surface area contributed by atoms with Crippen LogP contribution in [-0.2, 0) is 9.59 Å². The van der Waals surface area contributed by atoms with E-state index in [2.05, 4.69) is 10.6 Å². The van der Waals surface area contributed by atoms with Gasteiger partial charge in [-0.3, -0.25) is 14.4 Å². The number of para-hydroxylation sites is 1. The smallest absolute Gasteiger partial charge is 0.305 e. The van der Waals surface area contributed by atoms with Gasteiger partial charge in [0.2, 0.25) is 5.91 Å². The summed E-state index contributed by atoms with van der Waals surface area (Å²) < 4.78 is 5.40. The van der Waals surface area contributed by atoms with Gasteiger partial charge in [0.1, 0.15) is 5.75 Å². The predicted molar refractivity (Wildman–Crippen MR) is 93.7 cm³/mol. The number of carboxylic acids is 1. The maximum Gasteiger partial charge on any atom is 0.305 e. The molecular weight excluding hydrogens is 324 g/mol. The molecule has 1 aromatic carbocycles. The second kappa shape index (κ2) is 9.66. The van der Waals surface area contributed by atoms with Crippen molar-refractivity contribution in [3.63, 3.8) is 0 Å². The Balaban J connectivity index is 2.69. The molecule has 138 valence electrons. The van der Waals surface area contributed by atoms with Crippen LogP contribution in [0.2, 0.25) is 0 Å². The van der Waals surface area contributed by atoms with Gasteiger partial charge in [-0.25, -0.2) is 0 Å². The molecule has 0 saturated heterocycles. The molecule has 0 aliphatic heterocycles. The highest BCUT2D eigenvalue weighted by Crippen LogP contribution is 2.20. The largest absolute Gasteiger partial charge is 0.493 e.